The first kappa shape index (κ1) is 15.7. The van der Waals surface area contributed by atoms with Crippen molar-refractivity contribution in [3.05, 3.63) is 18.3 Å². The van der Waals surface area contributed by atoms with Crippen LogP contribution in [0.5, 0.6) is 5.88 Å². The first-order valence-electron chi connectivity index (χ1n) is 7.35. The van der Waals surface area contributed by atoms with Crippen molar-refractivity contribution < 1.29 is 14.3 Å². The zero-order chi connectivity index (χ0) is 15.2. The monoisotopic (exact) mass is 293 g/mol. The number of carbonyl (C=O) groups excluding carboxylic acids is 1. The number of rotatable bonds is 6. The van der Waals surface area contributed by atoms with E-state index in [2.05, 4.69) is 15.6 Å². The molecule has 2 atom stereocenters. The summed E-state index contributed by atoms with van der Waals surface area (Å²) in [6.07, 6.45) is 1.65. The summed E-state index contributed by atoms with van der Waals surface area (Å²) in [6, 6.07) is 3.62. The molecule has 2 unspecified atom stereocenters. The van der Waals surface area contributed by atoms with E-state index in [1.165, 1.54) is 0 Å². The second kappa shape index (κ2) is 7.38. The number of ether oxygens (including phenoxy) is 2. The minimum absolute atomic E-state index is 0.000118. The molecule has 1 amide bonds. The molecule has 1 aromatic rings. The van der Waals surface area contributed by atoms with Crippen LogP contribution in [0, 0.1) is 5.92 Å². The maximum Gasteiger partial charge on any atom is 0.238 e. The Balaban J connectivity index is 2.05. The van der Waals surface area contributed by atoms with Crippen LogP contribution in [0.2, 0.25) is 0 Å². The fraction of sp³-hybridized carbons (Fsp3) is 0.600. The van der Waals surface area contributed by atoms with Gasteiger partial charge in [0.2, 0.25) is 11.8 Å². The summed E-state index contributed by atoms with van der Waals surface area (Å²) in [5, 5.41) is 6.18. The van der Waals surface area contributed by atoms with Crippen molar-refractivity contribution in [2.24, 2.45) is 5.92 Å². The maximum absolute atomic E-state index is 12.4. The topological polar surface area (TPSA) is 72.5 Å². The molecular formula is C15H23N3O3. The van der Waals surface area contributed by atoms with Gasteiger partial charge in [0, 0.05) is 12.2 Å². The van der Waals surface area contributed by atoms with E-state index in [4.69, 9.17) is 9.47 Å². The molecule has 1 aromatic heterocycles. The normalized spacial score (nSPS) is 21.5. The molecule has 0 spiro atoms. The molecular weight excluding hydrogens is 270 g/mol. The molecule has 2 N–H and O–H groups in total. The molecule has 21 heavy (non-hydrogen) atoms. The van der Waals surface area contributed by atoms with Crippen LogP contribution in [0.4, 0.5) is 5.69 Å². The van der Waals surface area contributed by atoms with Crippen molar-refractivity contribution in [3.63, 3.8) is 0 Å². The van der Waals surface area contributed by atoms with Crippen molar-refractivity contribution in [2.75, 3.05) is 25.1 Å². The fourth-order valence-corrected chi connectivity index (χ4v) is 2.30. The minimum Gasteiger partial charge on any atom is -0.473 e. The second-order valence-corrected chi connectivity index (χ2v) is 5.32. The summed E-state index contributed by atoms with van der Waals surface area (Å²) in [6.45, 7) is 7.67. The highest BCUT2D eigenvalue weighted by atomic mass is 16.5. The van der Waals surface area contributed by atoms with E-state index in [0.29, 0.717) is 24.8 Å². The number of hydrogen-bond acceptors (Lipinski definition) is 5. The molecule has 2 rings (SSSR count). The number of aromatic nitrogens is 1. The molecule has 1 aliphatic heterocycles. The highest BCUT2D eigenvalue weighted by molar-refractivity contribution is 5.94. The Morgan fingerprint density at radius 3 is 3.05 bits per heavy atom. The third-order valence-corrected chi connectivity index (χ3v) is 3.26. The van der Waals surface area contributed by atoms with E-state index in [1.54, 1.807) is 18.3 Å². The molecule has 0 aliphatic carbocycles. The highest BCUT2D eigenvalue weighted by Gasteiger charge is 2.33. The quantitative estimate of drug-likeness (QED) is 0.830. The summed E-state index contributed by atoms with van der Waals surface area (Å²) in [4.78, 5) is 16.6. The van der Waals surface area contributed by atoms with Gasteiger partial charge in [0.15, 0.2) is 0 Å². The predicted octanol–water partition coefficient (Wildman–Crippen LogP) is 1.43. The Morgan fingerprint density at radius 2 is 2.33 bits per heavy atom. The van der Waals surface area contributed by atoms with Crippen LogP contribution in [-0.2, 0) is 9.53 Å². The summed E-state index contributed by atoms with van der Waals surface area (Å²) in [5.74, 6) is 0.178. The summed E-state index contributed by atoms with van der Waals surface area (Å²) in [5.41, 5.74) is 0.596. The van der Waals surface area contributed by atoms with Gasteiger partial charge in [-0.25, -0.2) is 4.98 Å². The van der Waals surface area contributed by atoms with Crippen molar-refractivity contribution in [2.45, 2.75) is 32.9 Å². The largest absolute Gasteiger partial charge is 0.473 e. The first-order chi connectivity index (χ1) is 10.1. The molecule has 2 heterocycles. The lowest BCUT2D eigenvalue weighted by Crippen LogP contribution is -2.41. The van der Waals surface area contributed by atoms with Gasteiger partial charge in [0.05, 0.1) is 25.2 Å². The Morgan fingerprint density at radius 1 is 1.52 bits per heavy atom. The molecule has 1 fully saturated rings. The van der Waals surface area contributed by atoms with Crippen LogP contribution in [0.25, 0.3) is 0 Å². The van der Waals surface area contributed by atoms with E-state index in [0.717, 1.165) is 6.54 Å². The van der Waals surface area contributed by atoms with Crippen molar-refractivity contribution in [1.82, 2.24) is 10.3 Å². The van der Waals surface area contributed by atoms with E-state index in [-0.39, 0.29) is 24.0 Å². The second-order valence-electron chi connectivity index (χ2n) is 5.32. The zero-order valence-corrected chi connectivity index (χ0v) is 12.8. The van der Waals surface area contributed by atoms with Gasteiger partial charge in [-0.1, -0.05) is 6.92 Å². The summed E-state index contributed by atoms with van der Waals surface area (Å²) < 4.78 is 11.0. The van der Waals surface area contributed by atoms with Crippen LogP contribution in [0.15, 0.2) is 18.3 Å². The molecule has 1 saturated heterocycles. The van der Waals surface area contributed by atoms with Crippen molar-refractivity contribution >= 4 is 11.6 Å². The third kappa shape index (κ3) is 4.15. The Kier molecular flexibility index (Phi) is 5.52. The molecule has 0 bridgehead atoms. The third-order valence-electron chi connectivity index (χ3n) is 3.26. The minimum atomic E-state index is -0.197. The number of carbonyl (C=O) groups is 1. The molecule has 1 aliphatic rings. The maximum atomic E-state index is 12.4. The van der Waals surface area contributed by atoms with Gasteiger partial charge in [-0.15, -0.1) is 0 Å². The molecule has 0 radical (unpaired) electrons. The molecule has 0 saturated carbocycles. The van der Waals surface area contributed by atoms with Crippen molar-refractivity contribution in [3.8, 4) is 5.88 Å². The molecule has 0 aromatic carbocycles. The van der Waals surface area contributed by atoms with E-state index in [9.17, 15) is 4.79 Å². The summed E-state index contributed by atoms with van der Waals surface area (Å²) in [7, 11) is 0. The lowest BCUT2D eigenvalue weighted by molar-refractivity contribution is -0.120. The zero-order valence-electron chi connectivity index (χ0n) is 12.8. The van der Waals surface area contributed by atoms with Crippen molar-refractivity contribution in [1.29, 1.82) is 0 Å². The average Bonchev–Trinajstić information content (AvgIpc) is 2.89. The van der Waals surface area contributed by atoms with Crippen LogP contribution in [0.1, 0.15) is 20.8 Å². The fourth-order valence-electron chi connectivity index (χ4n) is 2.30. The van der Waals surface area contributed by atoms with Crippen LogP contribution < -0.4 is 15.4 Å². The summed E-state index contributed by atoms with van der Waals surface area (Å²) >= 11 is 0. The predicted molar refractivity (Wildman–Crippen MR) is 80.4 cm³/mol. The van der Waals surface area contributed by atoms with E-state index < -0.39 is 0 Å². The highest BCUT2D eigenvalue weighted by Crippen LogP contribution is 2.24. The van der Waals surface area contributed by atoms with Gasteiger partial charge in [0.1, 0.15) is 5.69 Å². The van der Waals surface area contributed by atoms with Crippen LogP contribution in [0.3, 0.4) is 0 Å². The van der Waals surface area contributed by atoms with Gasteiger partial charge in [-0.2, -0.15) is 0 Å². The Bertz CT molecular complexity index is 479. The van der Waals surface area contributed by atoms with Crippen LogP contribution in [-0.4, -0.2) is 42.8 Å². The Hall–Kier alpha value is -1.66. The van der Waals surface area contributed by atoms with E-state index >= 15 is 0 Å². The molecule has 6 heteroatoms. The number of likely N-dealkylation sites (N-methyl/N-ethyl adjacent to an activating group) is 1. The lowest BCUT2D eigenvalue weighted by atomic mass is 10.0. The standard InChI is InChI=1S/C15H23N3O3/c1-4-16-13-9-20-8-11(13)14(19)18-12-6-5-7-17-15(12)21-10(2)3/h5-7,10-11,13,16H,4,8-9H2,1-3H3,(H,18,19). The van der Waals surface area contributed by atoms with Gasteiger partial charge in [-0.3, -0.25) is 4.79 Å². The van der Waals surface area contributed by atoms with Crippen LogP contribution >= 0.6 is 0 Å². The number of anilines is 1. The van der Waals surface area contributed by atoms with Gasteiger partial charge >= 0.3 is 0 Å². The molecule has 116 valence electrons. The SMILES string of the molecule is CCNC1COCC1C(=O)Nc1cccnc1OC(C)C. The number of pyridine rings is 1. The number of nitrogens with zero attached hydrogens (tertiary/aromatic N) is 1. The van der Waals surface area contributed by atoms with Gasteiger partial charge < -0.3 is 20.1 Å². The van der Waals surface area contributed by atoms with E-state index in [1.807, 2.05) is 20.8 Å². The Labute approximate surface area is 125 Å². The smallest absolute Gasteiger partial charge is 0.238 e. The number of hydrogen-bond donors (Lipinski definition) is 2. The number of nitrogens with one attached hydrogen (secondary N) is 2. The molecule has 6 nitrogen and oxygen atoms in total. The number of amides is 1. The van der Waals surface area contributed by atoms with Gasteiger partial charge in [-0.05, 0) is 32.5 Å². The lowest BCUT2D eigenvalue weighted by Gasteiger charge is -2.19. The van der Waals surface area contributed by atoms with Gasteiger partial charge in [0.25, 0.3) is 0 Å². The average molecular weight is 293 g/mol. The first-order valence-corrected chi connectivity index (χ1v) is 7.35.